The van der Waals surface area contributed by atoms with Gasteiger partial charge in [-0.3, -0.25) is 0 Å². The highest BCUT2D eigenvalue weighted by atomic mass is 16.5. The van der Waals surface area contributed by atoms with Crippen LogP contribution in [0.1, 0.15) is 39.5 Å². The Morgan fingerprint density at radius 1 is 1.08 bits per heavy atom. The first-order valence-corrected chi connectivity index (χ1v) is 5.05. The lowest BCUT2D eigenvalue weighted by Crippen LogP contribution is -2.03. The SMILES string of the molecule is CC(C)COCCCCCCN. The van der Waals surface area contributed by atoms with Gasteiger partial charge in [-0.1, -0.05) is 26.7 Å². The lowest BCUT2D eigenvalue weighted by molar-refractivity contribution is 0.106. The van der Waals surface area contributed by atoms with E-state index in [1.807, 2.05) is 0 Å². The van der Waals surface area contributed by atoms with Crippen molar-refractivity contribution in [3.05, 3.63) is 0 Å². The molecule has 74 valence electrons. The van der Waals surface area contributed by atoms with Gasteiger partial charge in [0.15, 0.2) is 0 Å². The molecule has 0 aliphatic carbocycles. The molecule has 2 N–H and O–H groups in total. The normalized spacial score (nSPS) is 11.0. The second kappa shape index (κ2) is 9.01. The predicted octanol–water partition coefficient (Wildman–Crippen LogP) is 2.18. The summed E-state index contributed by atoms with van der Waals surface area (Å²) < 4.78 is 5.44. The molecule has 0 bridgehead atoms. The summed E-state index contributed by atoms with van der Waals surface area (Å²) in [5.74, 6) is 0.661. The molecule has 0 aliphatic rings. The Hall–Kier alpha value is -0.0800. The van der Waals surface area contributed by atoms with Crippen molar-refractivity contribution >= 4 is 0 Å². The van der Waals surface area contributed by atoms with Gasteiger partial charge >= 0.3 is 0 Å². The number of ether oxygens (including phenoxy) is 1. The molecule has 0 rings (SSSR count). The Kier molecular flexibility index (Phi) is 8.95. The topological polar surface area (TPSA) is 35.2 Å². The molecule has 0 aromatic carbocycles. The van der Waals surface area contributed by atoms with Gasteiger partial charge in [-0.2, -0.15) is 0 Å². The van der Waals surface area contributed by atoms with Crippen LogP contribution in [0.3, 0.4) is 0 Å². The highest BCUT2D eigenvalue weighted by Crippen LogP contribution is 2.00. The number of unbranched alkanes of at least 4 members (excludes halogenated alkanes) is 3. The highest BCUT2D eigenvalue weighted by Gasteiger charge is 1.93. The minimum absolute atomic E-state index is 0.661. The van der Waals surface area contributed by atoms with Crippen molar-refractivity contribution in [3.63, 3.8) is 0 Å². The van der Waals surface area contributed by atoms with E-state index < -0.39 is 0 Å². The summed E-state index contributed by atoms with van der Waals surface area (Å²) in [5, 5.41) is 0. The van der Waals surface area contributed by atoms with Crippen LogP contribution in [0, 0.1) is 5.92 Å². The molecule has 0 saturated carbocycles. The Bertz CT molecular complexity index is 83.9. The van der Waals surface area contributed by atoms with Crippen molar-refractivity contribution in [2.45, 2.75) is 39.5 Å². The van der Waals surface area contributed by atoms with Crippen LogP contribution in [0.4, 0.5) is 0 Å². The molecule has 0 aromatic rings. The summed E-state index contributed by atoms with van der Waals surface area (Å²) >= 11 is 0. The lowest BCUT2D eigenvalue weighted by atomic mass is 10.2. The number of hydrogen-bond donors (Lipinski definition) is 1. The summed E-state index contributed by atoms with van der Waals surface area (Å²) in [6, 6.07) is 0. The Morgan fingerprint density at radius 2 is 1.75 bits per heavy atom. The Balaban J connectivity index is 2.82. The second-order valence-electron chi connectivity index (χ2n) is 3.67. The smallest absolute Gasteiger partial charge is 0.0488 e. The zero-order valence-electron chi connectivity index (χ0n) is 8.51. The van der Waals surface area contributed by atoms with Gasteiger partial charge < -0.3 is 10.5 Å². The van der Waals surface area contributed by atoms with E-state index in [-0.39, 0.29) is 0 Å². The van der Waals surface area contributed by atoms with Crippen molar-refractivity contribution in [3.8, 4) is 0 Å². The molecule has 0 fully saturated rings. The summed E-state index contributed by atoms with van der Waals surface area (Å²) in [7, 11) is 0. The molecule has 12 heavy (non-hydrogen) atoms. The maximum absolute atomic E-state index is 5.44. The van der Waals surface area contributed by atoms with Gasteiger partial charge in [0.25, 0.3) is 0 Å². The van der Waals surface area contributed by atoms with Crippen LogP contribution in [-0.4, -0.2) is 19.8 Å². The van der Waals surface area contributed by atoms with Gasteiger partial charge in [-0.05, 0) is 25.3 Å². The fourth-order valence-corrected chi connectivity index (χ4v) is 1.02. The first-order chi connectivity index (χ1) is 5.77. The molecule has 0 amide bonds. The summed E-state index contributed by atoms with van der Waals surface area (Å²) in [6.07, 6.45) is 4.85. The quantitative estimate of drug-likeness (QED) is 0.571. The first-order valence-electron chi connectivity index (χ1n) is 5.05. The Morgan fingerprint density at radius 3 is 2.33 bits per heavy atom. The van der Waals surface area contributed by atoms with E-state index >= 15 is 0 Å². The van der Waals surface area contributed by atoms with E-state index in [0.29, 0.717) is 5.92 Å². The third-order valence-electron chi connectivity index (χ3n) is 1.69. The van der Waals surface area contributed by atoms with E-state index in [0.717, 1.165) is 26.2 Å². The Labute approximate surface area is 76.5 Å². The zero-order valence-corrected chi connectivity index (χ0v) is 8.51. The second-order valence-corrected chi connectivity index (χ2v) is 3.67. The molecule has 0 radical (unpaired) electrons. The number of nitrogens with two attached hydrogens (primary N) is 1. The molecular formula is C10H23NO. The number of rotatable bonds is 8. The van der Waals surface area contributed by atoms with E-state index in [2.05, 4.69) is 13.8 Å². The van der Waals surface area contributed by atoms with E-state index in [1.54, 1.807) is 0 Å². The third kappa shape index (κ3) is 9.92. The standard InChI is InChI=1S/C10H23NO/c1-10(2)9-12-8-6-4-3-5-7-11/h10H,3-9,11H2,1-2H3. The van der Waals surface area contributed by atoms with Crippen LogP contribution in [0.2, 0.25) is 0 Å². The van der Waals surface area contributed by atoms with Crippen molar-refractivity contribution in [1.82, 2.24) is 0 Å². The molecule has 0 aromatic heterocycles. The molecule has 0 saturated heterocycles. The first kappa shape index (κ1) is 11.9. The van der Waals surface area contributed by atoms with Gasteiger partial charge in [0, 0.05) is 13.2 Å². The van der Waals surface area contributed by atoms with Gasteiger partial charge in [0.05, 0.1) is 0 Å². The summed E-state index contributed by atoms with van der Waals surface area (Å²) in [6.45, 7) is 7.00. The fourth-order valence-electron chi connectivity index (χ4n) is 1.02. The van der Waals surface area contributed by atoms with Crippen molar-refractivity contribution < 1.29 is 4.74 Å². The van der Waals surface area contributed by atoms with Crippen LogP contribution in [0.25, 0.3) is 0 Å². The monoisotopic (exact) mass is 173 g/mol. The van der Waals surface area contributed by atoms with Gasteiger partial charge in [0.1, 0.15) is 0 Å². The third-order valence-corrected chi connectivity index (χ3v) is 1.69. The maximum Gasteiger partial charge on any atom is 0.0488 e. The van der Waals surface area contributed by atoms with Crippen molar-refractivity contribution in [1.29, 1.82) is 0 Å². The average Bonchev–Trinajstić information content (AvgIpc) is 2.02. The van der Waals surface area contributed by atoms with Crippen LogP contribution in [0.5, 0.6) is 0 Å². The average molecular weight is 173 g/mol. The largest absolute Gasteiger partial charge is 0.381 e. The van der Waals surface area contributed by atoms with E-state index in [9.17, 15) is 0 Å². The lowest BCUT2D eigenvalue weighted by Gasteiger charge is -2.05. The van der Waals surface area contributed by atoms with Crippen molar-refractivity contribution in [2.75, 3.05) is 19.8 Å². The highest BCUT2D eigenvalue weighted by molar-refractivity contribution is 4.44. The van der Waals surface area contributed by atoms with Gasteiger partial charge in [-0.15, -0.1) is 0 Å². The van der Waals surface area contributed by atoms with E-state index in [4.69, 9.17) is 10.5 Å². The van der Waals surface area contributed by atoms with Crippen LogP contribution < -0.4 is 5.73 Å². The molecule has 0 atom stereocenters. The molecule has 0 aliphatic heterocycles. The molecular weight excluding hydrogens is 150 g/mol. The predicted molar refractivity (Wildman–Crippen MR) is 53.2 cm³/mol. The van der Waals surface area contributed by atoms with Crippen LogP contribution in [-0.2, 0) is 4.74 Å². The zero-order chi connectivity index (χ0) is 9.23. The van der Waals surface area contributed by atoms with Crippen LogP contribution in [0.15, 0.2) is 0 Å². The molecule has 2 nitrogen and oxygen atoms in total. The van der Waals surface area contributed by atoms with Crippen LogP contribution >= 0.6 is 0 Å². The van der Waals surface area contributed by atoms with Gasteiger partial charge in [-0.25, -0.2) is 0 Å². The maximum atomic E-state index is 5.44. The van der Waals surface area contributed by atoms with E-state index in [1.165, 1.54) is 19.3 Å². The molecule has 0 unspecified atom stereocenters. The molecule has 2 heteroatoms. The molecule has 0 heterocycles. The van der Waals surface area contributed by atoms with Crippen molar-refractivity contribution in [2.24, 2.45) is 11.7 Å². The fraction of sp³-hybridized carbons (Fsp3) is 1.00. The number of hydrogen-bond acceptors (Lipinski definition) is 2. The molecule has 0 spiro atoms. The summed E-state index contributed by atoms with van der Waals surface area (Å²) in [4.78, 5) is 0. The minimum atomic E-state index is 0.661. The summed E-state index contributed by atoms with van der Waals surface area (Å²) in [5.41, 5.74) is 5.38. The minimum Gasteiger partial charge on any atom is -0.381 e. The van der Waals surface area contributed by atoms with Gasteiger partial charge in [0.2, 0.25) is 0 Å².